The number of aromatic nitrogens is 10. The van der Waals surface area contributed by atoms with Crippen LogP contribution in [0.15, 0.2) is 78.2 Å². The number of fused-ring (bicyclic) bond motifs is 2. The normalized spacial score (nSPS) is 11.5. The van der Waals surface area contributed by atoms with Crippen molar-refractivity contribution >= 4 is 63.3 Å². The highest BCUT2D eigenvalue weighted by Crippen LogP contribution is 2.33. The molecule has 0 saturated heterocycles. The number of carbonyl (C=O) groups excluding carboxylic acids is 4. The van der Waals surface area contributed by atoms with Crippen molar-refractivity contribution in [3.63, 3.8) is 0 Å². The molecule has 4 amide bonds. The smallest absolute Gasteiger partial charge is 0.295 e. The number of primary amides is 1. The van der Waals surface area contributed by atoms with Gasteiger partial charge in [-0.1, -0.05) is 18.2 Å². The molecule has 0 aliphatic heterocycles. The first-order valence-corrected chi connectivity index (χ1v) is 21.1. The van der Waals surface area contributed by atoms with E-state index in [2.05, 4.69) is 41.3 Å². The molecule has 0 atom stereocenters. The SMILES string of the molecule is CCNc1cnn(C/C=C/COc2cc(C(N)=O)cc3nc(NC(=O)c4cc(C)nn4CC)n(C/C=C/Cn4c(NC(=O)c5cc(C)nn5CC)nc5cc(C(=O)N=N)cc(OC)c54)c23)c1. The van der Waals surface area contributed by atoms with Crippen molar-refractivity contribution < 1.29 is 28.7 Å². The Morgan fingerprint density at radius 2 is 1.30 bits per heavy atom. The summed E-state index contributed by atoms with van der Waals surface area (Å²) in [5.74, 6) is -1.56. The molecular formula is C44H50N16O6. The molecule has 0 radical (unpaired) electrons. The van der Waals surface area contributed by atoms with Gasteiger partial charge in [0.15, 0.2) is 0 Å². The number of nitrogens with two attached hydrogens (primary N) is 1. The zero-order chi connectivity index (χ0) is 47.1. The van der Waals surface area contributed by atoms with Crippen molar-refractivity contribution in [3.8, 4) is 11.5 Å². The summed E-state index contributed by atoms with van der Waals surface area (Å²) in [7, 11) is 1.43. The van der Waals surface area contributed by atoms with Crippen molar-refractivity contribution in [1.82, 2.24) is 48.4 Å². The second-order valence-electron chi connectivity index (χ2n) is 14.9. The van der Waals surface area contributed by atoms with E-state index in [1.807, 2.05) is 51.3 Å². The number of rotatable bonds is 20. The number of anilines is 3. The van der Waals surface area contributed by atoms with Crippen molar-refractivity contribution in [2.24, 2.45) is 10.8 Å². The lowest BCUT2D eigenvalue weighted by Gasteiger charge is -2.13. The lowest BCUT2D eigenvalue weighted by Crippen LogP contribution is -2.20. The van der Waals surface area contributed by atoms with Gasteiger partial charge in [0.2, 0.25) is 17.8 Å². The quantitative estimate of drug-likeness (QED) is 0.0453. The number of imidazole rings is 2. The molecule has 5 aromatic heterocycles. The molecular weight excluding hydrogens is 849 g/mol. The standard InChI is InChI=1S/C44H50N16O6/c1-7-47-30-24-48-56(25-30)14-12-13-17-66-36-22-28(39(45)61)20-31-38(36)58(44(49-31)52-42(64)34-19-27(5)55-60(34)9-3)16-11-10-15-57-37-32(21-29(40(62)53-46)23-35(37)65-6)50-43(57)51-41(63)33-18-26(4)54-59(33)8-2/h10-13,18-25,46-47H,7-9,14-17H2,1-6H3,(H2,45,61)(H,49,52,64)(H,50,51,63)/b11-10+,13-12+,53-46?. The molecule has 0 bridgehead atoms. The average Bonchev–Trinajstić information content (AvgIpc) is 4.14. The average molecular weight is 899 g/mol. The van der Waals surface area contributed by atoms with E-state index < -0.39 is 23.6 Å². The molecule has 66 heavy (non-hydrogen) atoms. The Kier molecular flexibility index (Phi) is 13.8. The third-order valence-electron chi connectivity index (χ3n) is 10.3. The van der Waals surface area contributed by atoms with E-state index in [9.17, 15) is 19.2 Å². The topological polar surface area (TPSA) is 274 Å². The highest BCUT2D eigenvalue weighted by molar-refractivity contribution is 6.05. The minimum atomic E-state index is -0.794. The first-order valence-electron chi connectivity index (χ1n) is 21.1. The molecule has 342 valence electrons. The van der Waals surface area contributed by atoms with Gasteiger partial charge in [0, 0.05) is 50.0 Å². The number of hydrogen-bond acceptors (Lipinski definition) is 13. The number of ether oxygens (including phenoxy) is 2. The van der Waals surface area contributed by atoms with E-state index in [1.165, 1.54) is 31.4 Å². The molecule has 0 aliphatic carbocycles. The van der Waals surface area contributed by atoms with Gasteiger partial charge in [-0.3, -0.25) is 43.9 Å². The fraction of sp³-hybridized carbons (Fsp3) is 0.295. The molecule has 5 heterocycles. The molecule has 0 spiro atoms. The van der Waals surface area contributed by atoms with Crippen LogP contribution >= 0.6 is 0 Å². The lowest BCUT2D eigenvalue weighted by atomic mass is 10.1. The van der Waals surface area contributed by atoms with E-state index in [4.69, 9.17) is 25.7 Å². The zero-order valence-corrected chi connectivity index (χ0v) is 37.3. The van der Waals surface area contributed by atoms with Crippen LogP contribution in [0.5, 0.6) is 11.5 Å². The van der Waals surface area contributed by atoms with Crippen LogP contribution in [0.2, 0.25) is 0 Å². The Morgan fingerprint density at radius 1 is 0.758 bits per heavy atom. The maximum atomic E-state index is 13.9. The van der Waals surface area contributed by atoms with Crippen LogP contribution in [-0.2, 0) is 32.7 Å². The Hall–Kier alpha value is -8.43. The molecule has 0 saturated carbocycles. The molecule has 22 heteroatoms. The van der Waals surface area contributed by atoms with E-state index in [1.54, 1.807) is 55.4 Å². The number of hydrogen-bond donors (Lipinski definition) is 5. The maximum absolute atomic E-state index is 13.9. The number of nitrogens with zero attached hydrogens (tertiary/aromatic N) is 11. The minimum absolute atomic E-state index is 0.0790. The van der Waals surface area contributed by atoms with Gasteiger partial charge >= 0.3 is 0 Å². The second-order valence-corrected chi connectivity index (χ2v) is 14.9. The maximum Gasteiger partial charge on any atom is 0.295 e. The van der Waals surface area contributed by atoms with Gasteiger partial charge in [-0.05, 0) is 77.1 Å². The lowest BCUT2D eigenvalue weighted by molar-refractivity contribution is 0.0985. The predicted molar refractivity (Wildman–Crippen MR) is 245 cm³/mol. The zero-order valence-electron chi connectivity index (χ0n) is 37.3. The number of benzene rings is 2. The molecule has 7 aromatic rings. The molecule has 0 fully saturated rings. The number of methoxy groups -OCH3 is 1. The van der Waals surface area contributed by atoms with Crippen LogP contribution in [0.4, 0.5) is 17.6 Å². The third kappa shape index (κ3) is 9.71. The number of allylic oxidation sites excluding steroid dienone is 3. The summed E-state index contributed by atoms with van der Waals surface area (Å²) in [6.07, 6.45) is 11.0. The van der Waals surface area contributed by atoms with Crippen molar-refractivity contribution in [2.45, 2.75) is 67.3 Å². The van der Waals surface area contributed by atoms with Gasteiger partial charge in [0.25, 0.3) is 17.7 Å². The third-order valence-corrected chi connectivity index (χ3v) is 10.3. The van der Waals surface area contributed by atoms with Crippen molar-refractivity contribution in [3.05, 3.63) is 107 Å². The molecule has 22 nitrogen and oxygen atoms in total. The highest BCUT2D eigenvalue weighted by atomic mass is 16.5. The van der Waals surface area contributed by atoms with Gasteiger partial charge in [0.1, 0.15) is 40.5 Å². The highest BCUT2D eigenvalue weighted by Gasteiger charge is 2.24. The first-order chi connectivity index (χ1) is 31.8. The molecule has 0 unspecified atom stereocenters. The molecule has 2 aromatic carbocycles. The summed E-state index contributed by atoms with van der Waals surface area (Å²) in [6.45, 7) is 11.9. The van der Waals surface area contributed by atoms with Crippen LogP contribution in [0.1, 0.15) is 73.9 Å². The molecule has 0 aliphatic rings. The number of amides is 4. The van der Waals surface area contributed by atoms with Gasteiger partial charge in [-0.2, -0.15) is 15.3 Å². The fourth-order valence-corrected chi connectivity index (χ4v) is 7.38. The minimum Gasteiger partial charge on any atom is -0.494 e. The fourth-order valence-electron chi connectivity index (χ4n) is 7.38. The van der Waals surface area contributed by atoms with E-state index >= 15 is 0 Å². The Balaban J connectivity index is 1.25. The van der Waals surface area contributed by atoms with Gasteiger partial charge in [-0.15, -0.1) is 5.11 Å². The van der Waals surface area contributed by atoms with Gasteiger partial charge in [-0.25, -0.2) is 15.5 Å². The second kappa shape index (κ2) is 20.0. The van der Waals surface area contributed by atoms with Crippen LogP contribution in [0.25, 0.3) is 22.1 Å². The Morgan fingerprint density at radius 3 is 1.83 bits per heavy atom. The van der Waals surface area contributed by atoms with Crippen LogP contribution < -0.4 is 31.2 Å². The summed E-state index contributed by atoms with van der Waals surface area (Å²) in [5.41, 5.74) is 17.8. The van der Waals surface area contributed by atoms with E-state index in [-0.39, 0.29) is 54.2 Å². The first kappa shape index (κ1) is 45.6. The van der Waals surface area contributed by atoms with E-state index in [0.29, 0.717) is 64.5 Å². The van der Waals surface area contributed by atoms with Gasteiger partial charge in [0.05, 0.1) is 48.0 Å². The van der Waals surface area contributed by atoms with Crippen LogP contribution in [0.3, 0.4) is 0 Å². The monoisotopic (exact) mass is 898 g/mol. The van der Waals surface area contributed by atoms with Gasteiger partial charge < -0.3 is 29.7 Å². The number of nitrogens with one attached hydrogen (secondary N) is 4. The largest absolute Gasteiger partial charge is 0.494 e. The number of aryl methyl sites for hydroxylation is 4. The van der Waals surface area contributed by atoms with E-state index in [0.717, 1.165) is 12.2 Å². The Labute approximate surface area is 378 Å². The summed E-state index contributed by atoms with van der Waals surface area (Å²) < 4.78 is 20.4. The van der Waals surface area contributed by atoms with Crippen LogP contribution in [-0.4, -0.2) is 92.3 Å². The molecule has 7 rings (SSSR count). The number of carbonyl (C=O) groups is 4. The summed E-state index contributed by atoms with van der Waals surface area (Å²) in [5, 5.41) is 25.3. The van der Waals surface area contributed by atoms with Crippen molar-refractivity contribution in [2.75, 3.05) is 36.2 Å². The summed E-state index contributed by atoms with van der Waals surface area (Å²) in [4.78, 5) is 62.1. The summed E-state index contributed by atoms with van der Waals surface area (Å²) in [6, 6.07) is 9.36. The predicted octanol–water partition coefficient (Wildman–Crippen LogP) is 5.74. The molecule has 6 N–H and O–H groups in total. The Bertz CT molecular complexity index is 3040. The van der Waals surface area contributed by atoms with Crippen molar-refractivity contribution in [1.29, 1.82) is 5.53 Å². The van der Waals surface area contributed by atoms with Crippen LogP contribution in [0, 0.1) is 19.4 Å². The summed E-state index contributed by atoms with van der Waals surface area (Å²) >= 11 is 0.